The second-order valence-corrected chi connectivity index (χ2v) is 8.61. The Kier molecular flexibility index (Phi) is 7.35. The molecule has 0 saturated carbocycles. The molecule has 1 atom stereocenters. The van der Waals surface area contributed by atoms with Gasteiger partial charge in [0, 0.05) is 31.1 Å². The van der Waals surface area contributed by atoms with Crippen molar-refractivity contribution in [2.24, 2.45) is 0 Å². The van der Waals surface area contributed by atoms with Crippen molar-refractivity contribution in [2.75, 3.05) is 27.3 Å². The summed E-state index contributed by atoms with van der Waals surface area (Å²) in [7, 11) is 3.09. The first-order chi connectivity index (χ1) is 16.5. The van der Waals surface area contributed by atoms with E-state index in [0.717, 1.165) is 36.2 Å². The number of likely N-dealkylation sites (tertiary alicyclic amines) is 1. The van der Waals surface area contributed by atoms with Crippen molar-refractivity contribution >= 4 is 22.8 Å². The minimum absolute atomic E-state index is 0.117. The Balaban J connectivity index is 1.47. The lowest BCUT2D eigenvalue weighted by Gasteiger charge is -2.33. The highest BCUT2D eigenvalue weighted by Crippen LogP contribution is 2.27. The number of para-hydroxylation sites is 2. The summed E-state index contributed by atoms with van der Waals surface area (Å²) in [6.45, 7) is 3.58. The summed E-state index contributed by atoms with van der Waals surface area (Å²) in [4.78, 5) is 32.6. The number of rotatable bonds is 8. The molecule has 1 aliphatic heterocycles. The van der Waals surface area contributed by atoms with Crippen molar-refractivity contribution in [1.82, 2.24) is 19.8 Å². The Bertz CT molecular complexity index is 1170. The van der Waals surface area contributed by atoms with Crippen molar-refractivity contribution in [1.29, 1.82) is 0 Å². The SMILES string of the molecule is COc1ccc(C(=O)NCCc2nc3ccccc3n2CC(=O)N2CCCCC2C)cc1OC. The van der Waals surface area contributed by atoms with Gasteiger partial charge in [-0.05, 0) is 56.5 Å². The van der Waals surface area contributed by atoms with Gasteiger partial charge in [-0.2, -0.15) is 0 Å². The maximum Gasteiger partial charge on any atom is 0.251 e. The summed E-state index contributed by atoms with van der Waals surface area (Å²) in [5.41, 5.74) is 2.27. The van der Waals surface area contributed by atoms with Gasteiger partial charge in [-0.25, -0.2) is 4.98 Å². The number of hydrogen-bond acceptors (Lipinski definition) is 5. The average Bonchev–Trinajstić information content (AvgIpc) is 3.20. The second kappa shape index (κ2) is 10.6. The third-order valence-electron chi connectivity index (χ3n) is 6.43. The molecule has 8 nitrogen and oxygen atoms in total. The molecule has 1 saturated heterocycles. The lowest BCUT2D eigenvalue weighted by atomic mass is 10.0. The highest BCUT2D eigenvalue weighted by Gasteiger charge is 2.24. The zero-order chi connectivity index (χ0) is 24.1. The number of ether oxygens (including phenoxy) is 2. The van der Waals surface area contributed by atoms with Gasteiger partial charge in [-0.3, -0.25) is 9.59 Å². The number of benzene rings is 2. The summed E-state index contributed by atoms with van der Waals surface area (Å²) in [5, 5.41) is 2.95. The summed E-state index contributed by atoms with van der Waals surface area (Å²) in [5.74, 6) is 1.77. The molecule has 3 aromatic rings. The quantitative estimate of drug-likeness (QED) is 0.552. The third-order valence-corrected chi connectivity index (χ3v) is 6.43. The van der Waals surface area contributed by atoms with Crippen molar-refractivity contribution < 1.29 is 19.1 Å². The topological polar surface area (TPSA) is 85.7 Å². The van der Waals surface area contributed by atoms with Crippen molar-refractivity contribution in [2.45, 2.75) is 45.2 Å². The van der Waals surface area contributed by atoms with Crippen LogP contribution in [0.1, 0.15) is 42.4 Å². The standard InChI is InChI=1S/C26H32N4O4/c1-18-8-6-7-15-29(18)25(31)17-30-21-10-5-4-9-20(21)28-24(30)13-14-27-26(32)19-11-12-22(33-2)23(16-19)34-3/h4-5,9-12,16,18H,6-8,13-15,17H2,1-3H3,(H,27,32). The maximum atomic E-state index is 13.1. The molecular weight excluding hydrogens is 432 g/mol. The number of nitrogens with zero attached hydrogens (tertiary/aromatic N) is 3. The summed E-state index contributed by atoms with van der Waals surface area (Å²) in [6, 6.07) is 13.2. The zero-order valence-corrected chi connectivity index (χ0v) is 20.0. The first-order valence-electron chi connectivity index (χ1n) is 11.8. The third kappa shape index (κ3) is 5.00. The molecule has 180 valence electrons. The van der Waals surface area contributed by atoms with Gasteiger partial charge in [-0.1, -0.05) is 12.1 Å². The Labute approximate surface area is 199 Å². The fraction of sp³-hybridized carbons (Fsp3) is 0.423. The van der Waals surface area contributed by atoms with Crippen molar-refractivity contribution in [3.05, 3.63) is 53.9 Å². The minimum Gasteiger partial charge on any atom is -0.493 e. The largest absolute Gasteiger partial charge is 0.493 e. The van der Waals surface area contributed by atoms with E-state index in [4.69, 9.17) is 14.5 Å². The number of hydrogen-bond donors (Lipinski definition) is 1. The molecule has 2 aromatic carbocycles. The minimum atomic E-state index is -0.207. The van der Waals surface area contributed by atoms with Crippen LogP contribution in [0, 0.1) is 0 Å². The van der Waals surface area contributed by atoms with Gasteiger partial charge in [0.2, 0.25) is 5.91 Å². The Morgan fingerprint density at radius 1 is 1.09 bits per heavy atom. The predicted molar refractivity (Wildman–Crippen MR) is 130 cm³/mol. The number of nitrogens with one attached hydrogen (secondary N) is 1. The van der Waals surface area contributed by atoms with Crippen LogP contribution in [-0.4, -0.2) is 59.6 Å². The van der Waals surface area contributed by atoms with E-state index in [1.807, 2.05) is 33.7 Å². The van der Waals surface area contributed by atoms with Crippen LogP contribution in [0.15, 0.2) is 42.5 Å². The van der Waals surface area contributed by atoms with Crippen LogP contribution in [0.2, 0.25) is 0 Å². The highest BCUT2D eigenvalue weighted by molar-refractivity contribution is 5.94. The number of piperidine rings is 1. The number of fused-ring (bicyclic) bond motifs is 1. The van der Waals surface area contributed by atoms with E-state index >= 15 is 0 Å². The Morgan fingerprint density at radius 2 is 1.88 bits per heavy atom. The molecule has 0 spiro atoms. The van der Waals surface area contributed by atoms with E-state index in [2.05, 4.69) is 12.2 Å². The molecule has 2 heterocycles. The smallest absolute Gasteiger partial charge is 0.251 e. The molecule has 0 radical (unpaired) electrons. The first kappa shape index (κ1) is 23.6. The molecule has 0 aliphatic carbocycles. The van der Waals surface area contributed by atoms with Crippen molar-refractivity contribution in [3.63, 3.8) is 0 Å². The number of carbonyl (C=O) groups excluding carboxylic acids is 2. The number of methoxy groups -OCH3 is 2. The molecule has 1 aliphatic rings. The Morgan fingerprint density at radius 3 is 2.65 bits per heavy atom. The van der Waals surface area contributed by atoms with Crippen LogP contribution in [-0.2, 0) is 17.8 Å². The highest BCUT2D eigenvalue weighted by atomic mass is 16.5. The normalized spacial score (nSPS) is 15.9. The van der Waals surface area contributed by atoms with Crippen LogP contribution < -0.4 is 14.8 Å². The van der Waals surface area contributed by atoms with Gasteiger partial charge >= 0.3 is 0 Å². The zero-order valence-electron chi connectivity index (χ0n) is 20.0. The Hall–Kier alpha value is -3.55. The lowest BCUT2D eigenvalue weighted by Crippen LogP contribution is -2.43. The summed E-state index contributed by atoms with van der Waals surface area (Å²) >= 11 is 0. The fourth-order valence-corrected chi connectivity index (χ4v) is 4.55. The number of amides is 2. The lowest BCUT2D eigenvalue weighted by molar-refractivity contribution is -0.135. The van der Waals surface area contributed by atoms with E-state index in [1.54, 1.807) is 25.3 Å². The molecule has 1 N–H and O–H groups in total. The summed E-state index contributed by atoms with van der Waals surface area (Å²) in [6.07, 6.45) is 3.78. The summed E-state index contributed by atoms with van der Waals surface area (Å²) < 4.78 is 12.5. The number of imidazole rings is 1. The second-order valence-electron chi connectivity index (χ2n) is 8.61. The van der Waals surface area contributed by atoms with Gasteiger partial charge in [-0.15, -0.1) is 0 Å². The molecule has 0 bridgehead atoms. The van der Waals surface area contributed by atoms with Gasteiger partial charge in [0.25, 0.3) is 5.91 Å². The molecule has 34 heavy (non-hydrogen) atoms. The van der Waals surface area contributed by atoms with E-state index in [9.17, 15) is 9.59 Å². The number of carbonyl (C=O) groups is 2. The van der Waals surface area contributed by atoms with E-state index in [1.165, 1.54) is 13.5 Å². The fourth-order valence-electron chi connectivity index (χ4n) is 4.55. The van der Waals surface area contributed by atoms with Crippen LogP contribution in [0.3, 0.4) is 0 Å². The molecule has 8 heteroatoms. The maximum absolute atomic E-state index is 13.1. The molecule has 1 unspecified atom stereocenters. The van der Waals surface area contributed by atoms with Gasteiger partial charge in [0.1, 0.15) is 12.4 Å². The molecule has 4 rings (SSSR count). The molecule has 1 aromatic heterocycles. The van der Waals surface area contributed by atoms with Gasteiger partial charge in [0.15, 0.2) is 11.5 Å². The van der Waals surface area contributed by atoms with Crippen LogP contribution in [0.25, 0.3) is 11.0 Å². The molecule has 2 amide bonds. The van der Waals surface area contributed by atoms with E-state index in [0.29, 0.717) is 30.0 Å². The monoisotopic (exact) mass is 464 g/mol. The first-order valence-corrected chi connectivity index (χ1v) is 11.8. The molecular formula is C26H32N4O4. The van der Waals surface area contributed by atoms with E-state index < -0.39 is 0 Å². The van der Waals surface area contributed by atoms with Crippen LogP contribution in [0.4, 0.5) is 0 Å². The van der Waals surface area contributed by atoms with Crippen LogP contribution >= 0.6 is 0 Å². The average molecular weight is 465 g/mol. The van der Waals surface area contributed by atoms with Gasteiger partial charge < -0.3 is 24.3 Å². The predicted octanol–water partition coefficient (Wildman–Crippen LogP) is 3.43. The van der Waals surface area contributed by atoms with Gasteiger partial charge in [0.05, 0.1) is 25.3 Å². The number of aromatic nitrogens is 2. The molecule has 1 fully saturated rings. The van der Waals surface area contributed by atoms with Crippen molar-refractivity contribution in [3.8, 4) is 11.5 Å². The van der Waals surface area contributed by atoms with Crippen LogP contribution in [0.5, 0.6) is 11.5 Å². The van der Waals surface area contributed by atoms with E-state index in [-0.39, 0.29) is 24.4 Å².